The Kier molecular flexibility index (Phi) is 4.52. The molecule has 0 bridgehead atoms. The highest BCUT2D eigenvalue weighted by Gasteiger charge is 2.18. The fraction of sp³-hybridized carbons (Fsp3) is 0.143. The van der Waals surface area contributed by atoms with Crippen molar-refractivity contribution >= 4 is 15.8 Å². The van der Waals surface area contributed by atoms with E-state index >= 15 is 0 Å². The van der Waals surface area contributed by atoms with Crippen LogP contribution in [0.15, 0.2) is 47.5 Å². The number of rotatable bonds is 5. The molecule has 2 N–H and O–H groups in total. The van der Waals surface area contributed by atoms with Crippen LogP contribution >= 0.6 is 0 Å². The number of hydrogen-bond acceptors (Lipinski definition) is 5. The first kappa shape index (κ1) is 15.0. The van der Waals surface area contributed by atoms with E-state index in [0.717, 1.165) is 5.56 Å². The lowest BCUT2D eigenvalue weighted by atomic mass is 10.1. The lowest BCUT2D eigenvalue weighted by Crippen LogP contribution is -2.24. The Balaban J connectivity index is 2.16. The molecular weight excluding hydrogens is 288 g/mol. The summed E-state index contributed by atoms with van der Waals surface area (Å²) in [6.45, 7) is 0.145. The zero-order valence-electron chi connectivity index (χ0n) is 11.4. The second-order valence-corrected chi connectivity index (χ2v) is 5.97. The van der Waals surface area contributed by atoms with E-state index in [0.29, 0.717) is 11.4 Å². The van der Waals surface area contributed by atoms with Gasteiger partial charge in [0.1, 0.15) is 10.7 Å². The SMILES string of the molecule is CNc1ncccc1S(=O)(=O)NCc1ccc(C#N)cc1. The molecule has 0 spiro atoms. The number of anilines is 1. The van der Waals surface area contributed by atoms with Crippen molar-refractivity contribution in [2.24, 2.45) is 0 Å². The highest BCUT2D eigenvalue weighted by Crippen LogP contribution is 2.17. The van der Waals surface area contributed by atoms with Crippen molar-refractivity contribution in [2.45, 2.75) is 11.4 Å². The van der Waals surface area contributed by atoms with Gasteiger partial charge in [0.15, 0.2) is 0 Å². The quantitative estimate of drug-likeness (QED) is 0.872. The molecule has 0 aliphatic heterocycles. The number of benzene rings is 1. The number of nitrogens with zero attached hydrogens (tertiary/aromatic N) is 2. The van der Waals surface area contributed by atoms with E-state index in [-0.39, 0.29) is 11.4 Å². The first-order chi connectivity index (χ1) is 10.1. The van der Waals surface area contributed by atoms with Crippen LogP contribution in [0.1, 0.15) is 11.1 Å². The van der Waals surface area contributed by atoms with Gasteiger partial charge in [0.05, 0.1) is 11.6 Å². The Morgan fingerprint density at radius 3 is 2.57 bits per heavy atom. The normalized spacial score (nSPS) is 10.9. The van der Waals surface area contributed by atoms with E-state index in [1.807, 2.05) is 6.07 Å². The molecule has 0 aliphatic rings. The molecule has 0 fully saturated rings. The van der Waals surface area contributed by atoms with E-state index in [9.17, 15) is 8.42 Å². The van der Waals surface area contributed by atoms with Gasteiger partial charge in [0, 0.05) is 19.8 Å². The molecule has 0 atom stereocenters. The van der Waals surface area contributed by atoms with E-state index < -0.39 is 10.0 Å². The maximum atomic E-state index is 12.3. The third kappa shape index (κ3) is 3.56. The third-order valence-electron chi connectivity index (χ3n) is 2.85. The number of hydrogen-bond donors (Lipinski definition) is 2. The molecule has 2 rings (SSSR count). The Morgan fingerprint density at radius 2 is 1.95 bits per heavy atom. The second kappa shape index (κ2) is 6.35. The van der Waals surface area contributed by atoms with Crippen LogP contribution in [-0.4, -0.2) is 20.4 Å². The van der Waals surface area contributed by atoms with Crippen LogP contribution in [0.2, 0.25) is 0 Å². The van der Waals surface area contributed by atoms with E-state index in [4.69, 9.17) is 5.26 Å². The van der Waals surface area contributed by atoms with Crippen LogP contribution < -0.4 is 10.0 Å². The summed E-state index contributed by atoms with van der Waals surface area (Å²) in [4.78, 5) is 4.07. The summed E-state index contributed by atoms with van der Waals surface area (Å²) < 4.78 is 27.0. The number of nitriles is 1. The number of sulfonamides is 1. The van der Waals surface area contributed by atoms with Crippen LogP contribution in [0, 0.1) is 11.3 Å². The van der Waals surface area contributed by atoms with E-state index in [1.54, 1.807) is 37.4 Å². The average molecular weight is 302 g/mol. The van der Waals surface area contributed by atoms with Crippen molar-refractivity contribution < 1.29 is 8.42 Å². The third-order valence-corrected chi connectivity index (χ3v) is 4.28. The fourth-order valence-corrected chi connectivity index (χ4v) is 2.93. The monoisotopic (exact) mass is 302 g/mol. The molecule has 6 nitrogen and oxygen atoms in total. The summed E-state index contributed by atoms with van der Waals surface area (Å²) in [5.41, 5.74) is 1.30. The van der Waals surface area contributed by atoms with Gasteiger partial charge in [-0.1, -0.05) is 12.1 Å². The van der Waals surface area contributed by atoms with Gasteiger partial charge in [0.25, 0.3) is 0 Å². The molecule has 7 heteroatoms. The standard InChI is InChI=1S/C14H14N4O2S/c1-16-14-13(3-2-8-17-14)21(19,20)18-10-12-6-4-11(9-15)5-7-12/h2-8,18H,10H2,1H3,(H,16,17). The van der Waals surface area contributed by atoms with Crippen molar-refractivity contribution in [3.05, 3.63) is 53.7 Å². The minimum atomic E-state index is -3.66. The van der Waals surface area contributed by atoms with Crippen molar-refractivity contribution in [1.82, 2.24) is 9.71 Å². The van der Waals surface area contributed by atoms with Crippen LogP contribution in [0.25, 0.3) is 0 Å². The first-order valence-electron chi connectivity index (χ1n) is 6.18. The first-order valence-corrected chi connectivity index (χ1v) is 7.66. The van der Waals surface area contributed by atoms with Crippen LogP contribution in [0.5, 0.6) is 0 Å². The second-order valence-electron chi connectivity index (χ2n) is 4.23. The average Bonchev–Trinajstić information content (AvgIpc) is 2.53. The van der Waals surface area contributed by atoms with Crippen molar-refractivity contribution in [1.29, 1.82) is 5.26 Å². The van der Waals surface area contributed by atoms with Crippen molar-refractivity contribution in [3.8, 4) is 6.07 Å². The van der Waals surface area contributed by atoms with Crippen molar-refractivity contribution in [2.75, 3.05) is 12.4 Å². The van der Waals surface area contributed by atoms with Gasteiger partial charge in [-0.3, -0.25) is 0 Å². The lowest BCUT2D eigenvalue weighted by Gasteiger charge is -2.10. The van der Waals surface area contributed by atoms with Gasteiger partial charge < -0.3 is 5.32 Å². The minimum absolute atomic E-state index is 0.0983. The smallest absolute Gasteiger partial charge is 0.244 e. The molecule has 0 aliphatic carbocycles. The van der Waals surface area contributed by atoms with Gasteiger partial charge in [-0.15, -0.1) is 0 Å². The molecule has 1 aromatic carbocycles. The van der Waals surface area contributed by atoms with Crippen LogP contribution in [0.3, 0.4) is 0 Å². The Labute approximate surface area is 123 Å². The van der Waals surface area contributed by atoms with Crippen LogP contribution in [0.4, 0.5) is 5.82 Å². The Morgan fingerprint density at radius 1 is 1.24 bits per heavy atom. The summed E-state index contributed by atoms with van der Waals surface area (Å²) in [5, 5.41) is 11.5. The fourth-order valence-electron chi connectivity index (χ4n) is 1.75. The predicted octanol–water partition coefficient (Wildman–Crippen LogP) is 1.47. The summed E-state index contributed by atoms with van der Waals surface area (Å²) in [6, 6.07) is 11.8. The molecule has 21 heavy (non-hydrogen) atoms. The summed E-state index contributed by atoms with van der Waals surface area (Å²) in [6.07, 6.45) is 1.52. The molecule has 1 aromatic heterocycles. The Bertz CT molecular complexity index is 764. The molecule has 2 aromatic rings. The van der Waals surface area contributed by atoms with Gasteiger partial charge in [-0.2, -0.15) is 5.26 Å². The highest BCUT2D eigenvalue weighted by molar-refractivity contribution is 7.89. The molecule has 0 amide bonds. The van der Waals surface area contributed by atoms with Gasteiger partial charge >= 0.3 is 0 Å². The highest BCUT2D eigenvalue weighted by atomic mass is 32.2. The van der Waals surface area contributed by atoms with Gasteiger partial charge in [-0.05, 0) is 29.8 Å². The summed E-state index contributed by atoms with van der Waals surface area (Å²) in [5.74, 6) is 0.296. The number of aromatic nitrogens is 1. The largest absolute Gasteiger partial charge is 0.372 e. The molecule has 0 unspecified atom stereocenters. The zero-order valence-corrected chi connectivity index (χ0v) is 12.2. The van der Waals surface area contributed by atoms with Gasteiger partial charge in [-0.25, -0.2) is 18.1 Å². The maximum Gasteiger partial charge on any atom is 0.244 e. The number of pyridine rings is 1. The maximum absolute atomic E-state index is 12.3. The summed E-state index contributed by atoms with van der Waals surface area (Å²) >= 11 is 0. The van der Waals surface area contributed by atoms with Crippen LogP contribution in [-0.2, 0) is 16.6 Å². The lowest BCUT2D eigenvalue weighted by molar-refractivity contribution is 0.581. The number of nitrogens with one attached hydrogen (secondary N) is 2. The zero-order chi connectivity index (χ0) is 15.3. The molecule has 0 radical (unpaired) electrons. The topological polar surface area (TPSA) is 94.9 Å². The predicted molar refractivity (Wildman–Crippen MR) is 79.0 cm³/mol. The molecule has 0 saturated heterocycles. The Hall–Kier alpha value is -2.43. The minimum Gasteiger partial charge on any atom is -0.372 e. The molecular formula is C14H14N4O2S. The molecule has 108 valence electrons. The van der Waals surface area contributed by atoms with Crippen molar-refractivity contribution in [3.63, 3.8) is 0 Å². The van der Waals surface area contributed by atoms with Gasteiger partial charge in [0.2, 0.25) is 10.0 Å². The van der Waals surface area contributed by atoms with E-state index in [2.05, 4.69) is 15.0 Å². The molecule has 1 heterocycles. The van der Waals surface area contributed by atoms with E-state index in [1.165, 1.54) is 12.3 Å². The molecule has 0 saturated carbocycles. The summed E-state index contributed by atoms with van der Waals surface area (Å²) in [7, 11) is -2.04.